The van der Waals surface area contributed by atoms with Gasteiger partial charge in [-0.25, -0.2) is 9.97 Å². The van der Waals surface area contributed by atoms with Crippen LogP contribution in [-0.2, 0) is 5.75 Å². The summed E-state index contributed by atoms with van der Waals surface area (Å²) in [5.74, 6) is 2.35. The number of hydrogen-bond donors (Lipinski definition) is 0. The molecule has 24 heavy (non-hydrogen) atoms. The summed E-state index contributed by atoms with van der Waals surface area (Å²) in [5.41, 5.74) is 3.68. The van der Waals surface area contributed by atoms with Gasteiger partial charge in [0.05, 0.1) is 14.2 Å². The van der Waals surface area contributed by atoms with E-state index in [0.29, 0.717) is 0 Å². The quantitative estimate of drug-likeness (QED) is 0.477. The summed E-state index contributed by atoms with van der Waals surface area (Å²) in [5, 5.41) is 2.22. The molecule has 0 saturated carbocycles. The van der Waals surface area contributed by atoms with Crippen LogP contribution < -0.4 is 9.47 Å². The fourth-order valence-corrected chi connectivity index (χ4v) is 4.76. The van der Waals surface area contributed by atoms with Crippen molar-refractivity contribution in [1.29, 1.82) is 0 Å². The number of rotatable bonds is 5. The van der Waals surface area contributed by atoms with E-state index in [1.54, 1.807) is 43.6 Å². The Hall–Kier alpha value is -1.79. The highest BCUT2D eigenvalue weighted by Crippen LogP contribution is 2.37. The van der Waals surface area contributed by atoms with Crippen LogP contribution >= 0.6 is 23.1 Å². The Balaban J connectivity index is 1.92. The van der Waals surface area contributed by atoms with Gasteiger partial charge in [-0.05, 0) is 49.6 Å². The zero-order valence-corrected chi connectivity index (χ0v) is 16.1. The molecule has 2 aromatic heterocycles. The number of benzene rings is 1. The second kappa shape index (κ2) is 6.99. The SMILES string of the molecule is COc1cc(C)c(CSc2ncnc3sc(C)c(C)c23)cc1OC. The van der Waals surface area contributed by atoms with Gasteiger partial charge in [-0.2, -0.15) is 0 Å². The minimum absolute atomic E-state index is 0.758. The number of ether oxygens (including phenoxy) is 2. The van der Waals surface area contributed by atoms with E-state index in [2.05, 4.69) is 30.7 Å². The predicted octanol–water partition coefficient (Wildman–Crippen LogP) is 4.93. The predicted molar refractivity (Wildman–Crippen MR) is 101 cm³/mol. The van der Waals surface area contributed by atoms with Gasteiger partial charge in [-0.3, -0.25) is 0 Å². The lowest BCUT2D eigenvalue weighted by Crippen LogP contribution is -1.95. The average Bonchev–Trinajstić information content (AvgIpc) is 2.88. The Morgan fingerprint density at radius 2 is 1.75 bits per heavy atom. The number of thioether (sulfide) groups is 1. The summed E-state index contributed by atoms with van der Waals surface area (Å²) in [6.45, 7) is 6.37. The van der Waals surface area contributed by atoms with Crippen LogP contribution in [0.4, 0.5) is 0 Å². The smallest absolute Gasteiger partial charge is 0.161 e. The van der Waals surface area contributed by atoms with Crippen molar-refractivity contribution >= 4 is 33.3 Å². The first-order valence-electron chi connectivity index (χ1n) is 7.60. The second-order valence-corrected chi connectivity index (χ2v) is 7.73. The first kappa shape index (κ1) is 17.0. The zero-order chi connectivity index (χ0) is 17.3. The molecule has 0 atom stereocenters. The van der Waals surface area contributed by atoms with Crippen molar-refractivity contribution in [3.05, 3.63) is 40.0 Å². The molecular weight excluding hydrogens is 340 g/mol. The Morgan fingerprint density at radius 3 is 2.46 bits per heavy atom. The fraction of sp³-hybridized carbons (Fsp3) is 0.333. The van der Waals surface area contributed by atoms with Crippen LogP contribution in [0.3, 0.4) is 0 Å². The van der Waals surface area contributed by atoms with E-state index in [0.717, 1.165) is 27.1 Å². The lowest BCUT2D eigenvalue weighted by atomic mass is 10.1. The van der Waals surface area contributed by atoms with E-state index in [9.17, 15) is 0 Å². The number of nitrogens with zero attached hydrogens (tertiary/aromatic N) is 2. The average molecular weight is 361 g/mol. The van der Waals surface area contributed by atoms with Crippen LogP contribution in [0.2, 0.25) is 0 Å². The third-order valence-electron chi connectivity index (χ3n) is 4.14. The first-order chi connectivity index (χ1) is 11.5. The lowest BCUT2D eigenvalue weighted by Gasteiger charge is -2.12. The molecule has 0 aliphatic carbocycles. The summed E-state index contributed by atoms with van der Waals surface area (Å²) >= 11 is 3.46. The zero-order valence-electron chi connectivity index (χ0n) is 14.5. The number of thiophene rings is 1. The fourth-order valence-electron chi connectivity index (χ4n) is 2.58. The molecule has 0 spiro atoms. The number of hydrogen-bond acceptors (Lipinski definition) is 6. The monoisotopic (exact) mass is 360 g/mol. The highest BCUT2D eigenvalue weighted by atomic mass is 32.2. The molecule has 2 heterocycles. The van der Waals surface area contributed by atoms with Crippen LogP contribution in [-0.4, -0.2) is 24.2 Å². The molecule has 0 aliphatic heterocycles. The number of aryl methyl sites for hydroxylation is 3. The highest BCUT2D eigenvalue weighted by Gasteiger charge is 2.14. The van der Waals surface area contributed by atoms with Crippen molar-refractivity contribution in [3.8, 4) is 11.5 Å². The van der Waals surface area contributed by atoms with Crippen molar-refractivity contribution in [3.63, 3.8) is 0 Å². The summed E-state index contributed by atoms with van der Waals surface area (Å²) in [6, 6.07) is 4.07. The van der Waals surface area contributed by atoms with Gasteiger partial charge >= 0.3 is 0 Å². The van der Waals surface area contributed by atoms with Crippen molar-refractivity contribution in [2.24, 2.45) is 0 Å². The molecule has 3 rings (SSSR count). The van der Waals surface area contributed by atoms with Crippen LogP contribution in [0, 0.1) is 20.8 Å². The van der Waals surface area contributed by atoms with E-state index < -0.39 is 0 Å². The van der Waals surface area contributed by atoms with Gasteiger partial charge < -0.3 is 9.47 Å². The third kappa shape index (κ3) is 3.08. The van der Waals surface area contributed by atoms with E-state index in [-0.39, 0.29) is 0 Å². The van der Waals surface area contributed by atoms with Gasteiger partial charge in [0.25, 0.3) is 0 Å². The summed E-state index contributed by atoms with van der Waals surface area (Å²) < 4.78 is 10.8. The largest absolute Gasteiger partial charge is 0.493 e. The van der Waals surface area contributed by atoms with Gasteiger partial charge in [-0.15, -0.1) is 23.1 Å². The Bertz CT molecular complexity index is 890. The second-order valence-electron chi connectivity index (χ2n) is 5.56. The van der Waals surface area contributed by atoms with Gasteiger partial charge in [0.1, 0.15) is 16.2 Å². The van der Waals surface area contributed by atoms with Gasteiger partial charge in [0.2, 0.25) is 0 Å². The molecule has 0 saturated heterocycles. The van der Waals surface area contributed by atoms with Gasteiger partial charge in [-0.1, -0.05) is 0 Å². The molecule has 0 unspecified atom stereocenters. The van der Waals surface area contributed by atoms with E-state index in [1.807, 2.05) is 12.1 Å². The first-order valence-corrected chi connectivity index (χ1v) is 9.40. The lowest BCUT2D eigenvalue weighted by molar-refractivity contribution is 0.354. The normalized spacial score (nSPS) is 11.0. The maximum absolute atomic E-state index is 5.42. The number of aromatic nitrogens is 2. The minimum Gasteiger partial charge on any atom is -0.493 e. The molecule has 126 valence electrons. The van der Waals surface area contributed by atoms with E-state index >= 15 is 0 Å². The molecular formula is C18H20N2O2S2. The van der Waals surface area contributed by atoms with Crippen molar-refractivity contribution in [1.82, 2.24) is 9.97 Å². The molecule has 0 aliphatic rings. The number of fused-ring (bicyclic) bond motifs is 1. The van der Waals surface area contributed by atoms with Gasteiger partial charge in [0.15, 0.2) is 11.5 Å². The molecule has 0 fully saturated rings. The molecule has 4 nitrogen and oxygen atoms in total. The Morgan fingerprint density at radius 1 is 1.04 bits per heavy atom. The maximum Gasteiger partial charge on any atom is 0.161 e. The molecule has 0 radical (unpaired) electrons. The molecule has 6 heteroatoms. The van der Waals surface area contributed by atoms with E-state index in [1.165, 1.54) is 27.0 Å². The Kier molecular flexibility index (Phi) is 4.96. The van der Waals surface area contributed by atoms with E-state index in [4.69, 9.17) is 9.47 Å². The van der Waals surface area contributed by atoms with Crippen molar-refractivity contribution < 1.29 is 9.47 Å². The summed E-state index contributed by atoms with van der Waals surface area (Å²) in [4.78, 5) is 11.3. The van der Waals surface area contributed by atoms with Gasteiger partial charge in [0, 0.05) is 16.0 Å². The molecule has 3 aromatic rings. The number of methoxy groups -OCH3 is 2. The van der Waals surface area contributed by atoms with Crippen molar-refractivity contribution in [2.45, 2.75) is 31.6 Å². The molecule has 1 aromatic carbocycles. The van der Waals surface area contributed by atoms with Crippen molar-refractivity contribution in [2.75, 3.05) is 14.2 Å². The molecule has 0 amide bonds. The topological polar surface area (TPSA) is 44.2 Å². The standard InChI is InChI=1S/C18H20N2O2S2/c1-10-6-14(21-4)15(22-5)7-13(10)8-23-17-16-11(2)12(3)24-18(16)20-9-19-17/h6-7,9H,8H2,1-5H3. The summed E-state index contributed by atoms with van der Waals surface area (Å²) in [6.07, 6.45) is 1.65. The Labute approximate surface area is 150 Å². The summed E-state index contributed by atoms with van der Waals surface area (Å²) in [7, 11) is 3.32. The van der Waals surface area contributed by atoms with Crippen LogP contribution in [0.15, 0.2) is 23.5 Å². The molecule has 0 bridgehead atoms. The van der Waals surface area contributed by atoms with Crippen LogP contribution in [0.25, 0.3) is 10.2 Å². The minimum atomic E-state index is 0.758. The van der Waals surface area contributed by atoms with Crippen LogP contribution in [0.5, 0.6) is 11.5 Å². The maximum atomic E-state index is 5.42. The third-order valence-corrected chi connectivity index (χ3v) is 6.29. The highest BCUT2D eigenvalue weighted by molar-refractivity contribution is 7.98. The molecule has 0 N–H and O–H groups in total. The van der Waals surface area contributed by atoms with Crippen LogP contribution in [0.1, 0.15) is 21.6 Å².